The molecule has 3 aromatic heterocycles. The van der Waals surface area contributed by atoms with E-state index in [4.69, 9.17) is 0 Å². The summed E-state index contributed by atoms with van der Waals surface area (Å²) in [6.45, 7) is 0.290. The van der Waals surface area contributed by atoms with Crippen LogP contribution in [0.15, 0.2) is 23.3 Å². The van der Waals surface area contributed by atoms with Crippen LogP contribution in [0.1, 0.15) is 11.1 Å². The number of nitrogens with zero attached hydrogens (tertiary/aromatic N) is 5. The number of alkyl halides is 5. The maximum absolute atomic E-state index is 13.0. The molecule has 7 nitrogen and oxygen atoms in total. The summed E-state index contributed by atoms with van der Waals surface area (Å²) in [5, 5.41) is 4.12. The van der Waals surface area contributed by atoms with Crippen LogP contribution in [0.5, 0.6) is 0 Å². The van der Waals surface area contributed by atoms with Gasteiger partial charge in [-0.15, -0.1) is 5.10 Å². The lowest BCUT2D eigenvalue weighted by Gasteiger charge is -2.38. The lowest BCUT2D eigenvalue weighted by atomic mass is 10.2. The zero-order valence-corrected chi connectivity index (χ0v) is 13.7. The second-order valence-electron chi connectivity index (χ2n) is 6.27. The Morgan fingerprint density at radius 2 is 1.96 bits per heavy atom. The summed E-state index contributed by atoms with van der Waals surface area (Å²) in [6, 6.07) is 0.917. The molecule has 0 unspecified atom stereocenters. The summed E-state index contributed by atoms with van der Waals surface area (Å²) in [5.74, 6) is -2.79. The number of nitrogens with one attached hydrogen (secondary N) is 1. The molecule has 1 saturated heterocycles. The van der Waals surface area contributed by atoms with Crippen LogP contribution >= 0.6 is 0 Å². The van der Waals surface area contributed by atoms with Gasteiger partial charge in [-0.05, 0) is 18.6 Å². The Hall–Kier alpha value is -3.05. The first-order valence-corrected chi connectivity index (χ1v) is 7.70. The maximum Gasteiger partial charge on any atom is 0.417 e. The Morgan fingerprint density at radius 1 is 1.26 bits per heavy atom. The molecule has 0 aromatic carbocycles. The lowest BCUT2D eigenvalue weighted by Crippen LogP contribution is -2.57. The van der Waals surface area contributed by atoms with Crippen LogP contribution in [-0.2, 0) is 6.18 Å². The highest BCUT2D eigenvalue weighted by molar-refractivity contribution is 5.74. The summed E-state index contributed by atoms with van der Waals surface area (Å²) >= 11 is 0. The van der Waals surface area contributed by atoms with Crippen LogP contribution in [0.25, 0.3) is 16.9 Å². The molecule has 0 atom stereocenters. The van der Waals surface area contributed by atoms with Crippen molar-refractivity contribution in [2.75, 3.05) is 18.0 Å². The molecule has 0 radical (unpaired) electrons. The number of hydrogen-bond donors (Lipinski definition) is 1. The molecule has 0 spiro atoms. The van der Waals surface area contributed by atoms with Gasteiger partial charge in [0.05, 0.1) is 18.7 Å². The first-order valence-electron chi connectivity index (χ1n) is 7.70. The Balaban J connectivity index is 1.74. The Kier molecular flexibility index (Phi) is 3.52. The average Bonchev–Trinajstić information content (AvgIpc) is 2.95. The summed E-state index contributed by atoms with van der Waals surface area (Å²) in [6.07, 6.45) is -2.59. The van der Waals surface area contributed by atoms with Crippen LogP contribution < -0.4 is 10.5 Å². The highest BCUT2D eigenvalue weighted by atomic mass is 19.4. The van der Waals surface area contributed by atoms with E-state index in [0.717, 1.165) is 10.7 Å². The van der Waals surface area contributed by atoms with Gasteiger partial charge < -0.3 is 4.90 Å². The normalized spacial score (nSPS) is 16.6. The van der Waals surface area contributed by atoms with Gasteiger partial charge in [-0.25, -0.2) is 18.4 Å². The summed E-state index contributed by atoms with van der Waals surface area (Å²) in [4.78, 5) is 23.6. The van der Waals surface area contributed by atoms with E-state index in [1.54, 1.807) is 0 Å². The van der Waals surface area contributed by atoms with E-state index in [-0.39, 0.29) is 28.4 Å². The maximum atomic E-state index is 13.0. The third-order valence-electron chi connectivity index (χ3n) is 4.12. The molecule has 0 aliphatic carbocycles. The van der Waals surface area contributed by atoms with Gasteiger partial charge >= 0.3 is 6.18 Å². The third kappa shape index (κ3) is 3.00. The molecule has 0 amide bonds. The fraction of sp³-hybridized carbons (Fsp3) is 0.333. The summed E-state index contributed by atoms with van der Waals surface area (Å²) in [7, 11) is 0. The number of aromatic nitrogens is 5. The van der Waals surface area contributed by atoms with Crippen LogP contribution in [0.4, 0.5) is 27.9 Å². The van der Waals surface area contributed by atoms with Crippen molar-refractivity contribution < 1.29 is 22.0 Å². The summed E-state index contributed by atoms with van der Waals surface area (Å²) in [5.41, 5.74) is -1.33. The largest absolute Gasteiger partial charge is 0.417 e. The first-order chi connectivity index (χ1) is 12.5. The third-order valence-corrected chi connectivity index (χ3v) is 4.12. The second-order valence-corrected chi connectivity index (χ2v) is 6.27. The molecule has 1 aliphatic heterocycles. The van der Waals surface area contributed by atoms with Crippen molar-refractivity contribution in [1.29, 1.82) is 0 Å². The minimum atomic E-state index is -4.53. The zero-order chi connectivity index (χ0) is 19.6. The Bertz CT molecular complexity index is 1090. The van der Waals surface area contributed by atoms with E-state index >= 15 is 0 Å². The van der Waals surface area contributed by atoms with Crippen molar-refractivity contribution in [2.24, 2.45) is 0 Å². The van der Waals surface area contributed by atoms with E-state index < -0.39 is 36.3 Å². The minimum absolute atomic E-state index is 0.0231. The van der Waals surface area contributed by atoms with E-state index in [0.29, 0.717) is 6.20 Å². The smallest absolute Gasteiger partial charge is 0.330 e. The van der Waals surface area contributed by atoms with Gasteiger partial charge in [0.25, 0.3) is 11.5 Å². The number of hydrogen-bond acceptors (Lipinski definition) is 5. The van der Waals surface area contributed by atoms with Gasteiger partial charge in [0.1, 0.15) is 5.39 Å². The Morgan fingerprint density at radius 3 is 2.56 bits per heavy atom. The number of fused-ring (bicyclic) bond motifs is 1. The second kappa shape index (κ2) is 5.47. The zero-order valence-electron chi connectivity index (χ0n) is 13.7. The molecular weight excluding hydrogens is 375 g/mol. The molecule has 27 heavy (non-hydrogen) atoms. The fourth-order valence-electron chi connectivity index (χ4n) is 2.79. The van der Waals surface area contributed by atoms with Crippen LogP contribution in [-0.4, -0.2) is 43.7 Å². The highest BCUT2D eigenvalue weighted by Crippen LogP contribution is 2.31. The molecule has 0 bridgehead atoms. The highest BCUT2D eigenvalue weighted by Gasteiger charge is 2.45. The summed E-state index contributed by atoms with van der Waals surface area (Å²) < 4.78 is 65.4. The average molecular weight is 386 g/mol. The molecule has 3 aromatic rings. The molecular formula is C15H11F5N6O. The van der Waals surface area contributed by atoms with E-state index in [9.17, 15) is 26.7 Å². The molecule has 0 saturated carbocycles. The lowest BCUT2D eigenvalue weighted by molar-refractivity contribution is -0.137. The van der Waals surface area contributed by atoms with Gasteiger partial charge in [0.2, 0.25) is 5.95 Å². The molecule has 142 valence electrons. The molecule has 1 aliphatic rings. The van der Waals surface area contributed by atoms with Gasteiger partial charge in [0, 0.05) is 12.4 Å². The number of halogens is 5. The number of rotatable bonds is 2. The first kappa shape index (κ1) is 17.4. The number of pyridine rings is 1. The molecule has 4 rings (SSSR count). The SMILES string of the molecule is Cc1cc(C(F)(F)F)cnc1-n1cc2c(=O)[nH]c(N3CC(F)(F)C3)nc2n1. The van der Waals surface area contributed by atoms with Gasteiger partial charge in [0.15, 0.2) is 11.5 Å². The monoisotopic (exact) mass is 386 g/mol. The van der Waals surface area contributed by atoms with Crippen LogP contribution in [0.3, 0.4) is 0 Å². The predicted octanol–water partition coefficient (Wildman–Crippen LogP) is 2.29. The standard InChI is InChI=1S/C15H11F5N6O/c1-7-2-8(15(18,19)20)3-21-11(7)26-4-9-10(24-26)22-13(23-12(9)27)25-5-14(16,17)6-25/h2-4H,5-6H2,1H3,(H,22,23,24,27). The van der Waals surface area contributed by atoms with Gasteiger partial charge in [-0.1, -0.05) is 0 Å². The molecule has 4 heterocycles. The fourth-order valence-corrected chi connectivity index (χ4v) is 2.79. The van der Waals surface area contributed by atoms with Crippen molar-refractivity contribution in [3.8, 4) is 5.82 Å². The molecule has 12 heteroatoms. The minimum Gasteiger partial charge on any atom is -0.330 e. The van der Waals surface area contributed by atoms with Crippen molar-refractivity contribution >= 4 is 17.0 Å². The quantitative estimate of drug-likeness (QED) is 0.684. The van der Waals surface area contributed by atoms with Crippen LogP contribution in [0.2, 0.25) is 0 Å². The van der Waals surface area contributed by atoms with Gasteiger partial charge in [-0.2, -0.15) is 18.2 Å². The van der Waals surface area contributed by atoms with Crippen LogP contribution in [0, 0.1) is 6.92 Å². The van der Waals surface area contributed by atoms with Crippen molar-refractivity contribution in [3.05, 3.63) is 39.9 Å². The van der Waals surface area contributed by atoms with Gasteiger partial charge in [-0.3, -0.25) is 9.78 Å². The number of aryl methyl sites for hydroxylation is 1. The molecule has 1 fully saturated rings. The van der Waals surface area contributed by atoms with Crippen molar-refractivity contribution in [3.63, 3.8) is 0 Å². The Labute approximate surface area is 147 Å². The number of anilines is 1. The van der Waals surface area contributed by atoms with Crippen molar-refractivity contribution in [1.82, 2.24) is 24.7 Å². The number of aromatic amines is 1. The molecule has 1 N–H and O–H groups in total. The van der Waals surface area contributed by atoms with E-state index in [1.165, 1.54) is 18.0 Å². The van der Waals surface area contributed by atoms with E-state index in [1.807, 2.05) is 0 Å². The topological polar surface area (TPSA) is 79.7 Å². The number of H-pyrrole nitrogens is 1. The predicted molar refractivity (Wildman–Crippen MR) is 84.2 cm³/mol. The van der Waals surface area contributed by atoms with Crippen molar-refractivity contribution in [2.45, 2.75) is 19.0 Å². The van der Waals surface area contributed by atoms with E-state index in [2.05, 4.69) is 20.1 Å².